The van der Waals surface area contributed by atoms with E-state index in [1.165, 1.54) is 0 Å². The van der Waals surface area contributed by atoms with E-state index in [0.717, 1.165) is 10.9 Å². The van der Waals surface area contributed by atoms with Crippen molar-refractivity contribution in [3.05, 3.63) is 71.8 Å². The number of benzene rings is 2. The van der Waals surface area contributed by atoms with E-state index in [1.54, 1.807) is 60.7 Å². The maximum absolute atomic E-state index is 14.8. The standard InChI is InChI=1S/C23H23F6N3O3/c24-22(25,26)15-30-21(35)23(27,28)18(33)14-32(29)19(13-17-9-5-2-6-10-17)31-20(34)12-11-16-7-3-1-4-8-16/h1-10,19H,11-15H2,(H,30,35)(H,31,34). The number of ketones is 1. The molecule has 2 N–H and O–H groups in total. The van der Waals surface area contributed by atoms with Crippen LogP contribution in [-0.2, 0) is 27.2 Å². The van der Waals surface area contributed by atoms with Crippen LogP contribution in [-0.4, -0.2) is 54.1 Å². The molecular weight excluding hydrogens is 480 g/mol. The topological polar surface area (TPSA) is 78.5 Å². The second kappa shape index (κ2) is 12.3. The van der Waals surface area contributed by atoms with E-state index in [9.17, 15) is 40.8 Å². The summed E-state index contributed by atoms with van der Waals surface area (Å²) in [6.45, 7) is -3.73. The van der Waals surface area contributed by atoms with Crippen LogP contribution in [0.5, 0.6) is 0 Å². The summed E-state index contributed by atoms with van der Waals surface area (Å²) in [4.78, 5) is 35.7. The van der Waals surface area contributed by atoms with Crippen molar-refractivity contribution >= 4 is 17.6 Å². The highest BCUT2D eigenvalue weighted by Crippen LogP contribution is 2.19. The summed E-state index contributed by atoms with van der Waals surface area (Å²) >= 11 is 0. The molecule has 0 fully saturated rings. The van der Waals surface area contributed by atoms with Gasteiger partial charge in [-0.1, -0.05) is 60.7 Å². The van der Waals surface area contributed by atoms with Crippen molar-refractivity contribution in [2.75, 3.05) is 13.1 Å². The number of Topliss-reactive ketones (excluding diaryl/α,β-unsaturated/α-hetero) is 1. The number of aryl methyl sites for hydroxylation is 1. The van der Waals surface area contributed by atoms with Gasteiger partial charge in [0.1, 0.15) is 12.7 Å². The second-order valence-electron chi connectivity index (χ2n) is 7.61. The summed E-state index contributed by atoms with van der Waals surface area (Å²) in [5, 5.41) is 2.86. The maximum atomic E-state index is 14.8. The predicted molar refractivity (Wildman–Crippen MR) is 114 cm³/mol. The fraction of sp³-hybridized carbons (Fsp3) is 0.348. The lowest BCUT2D eigenvalue weighted by Gasteiger charge is -2.26. The molecule has 0 heterocycles. The molecule has 6 nitrogen and oxygen atoms in total. The molecule has 0 aliphatic rings. The van der Waals surface area contributed by atoms with Crippen LogP contribution in [0.1, 0.15) is 17.5 Å². The van der Waals surface area contributed by atoms with Gasteiger partial charge in [-0.2, -0.15) is 22.0 Å². The summed E-state index contributed by atoms with van der Waals surface area (Å²) in [5.74, 6) is -10.3. The van der Waals surface area contributed by atoms with Crippen LogP contribution in [0.15, 0.2) is 60.7 Å². The fourth-order valence-electron chi connectivity index (χ4n) is 2.98. The first-order valence-electron chi connectivity index (χ1n) is 10.4. The number of halogens is 6. The number of hydrogen-bond acceptors (Lipinski definition) is 4. The van der Waals surface area contributed by atoms with Crippen molar-refractivity contribution in [2.45, 2.75) is 37.5 Å². The third-order valence-corrected chi connectivity index (χ3v) is 4.80. The molecule has 1 unspecified atom stereocenters. The van der Waals surface area contributed by atoms with Crippen LogP contribution in [0, 0.1) is 0 Å². The average Bonchev–Trinajstić information content (AvgIpc) is 2.81. The highest BCUT2D eigenvalue weighted by molar-refractivity contribution is 6.08. The van der Waals surface area contributed by atoms with Crippen molar-refractivity contribution in [1.82, 2.24) is 15.8 Å². The van der Waals surface area contributed by atoms with Gasteiger partial charge in [0.05, 0.1) is 6.54 Å². The lowest BCUT2D eigenvalue weighted by Crippen LogP contribution is -2.53. The van der Waals surface area contributed by atoms with Gasteiger partial charge in [0, 0.05) is 12.8 Å². The summed E-state index contributed by atoms with van der Waals surface area (Å²) in [7, 11) is 0. The van der Waals surface area contributed by atoms with Crippen LogP contribution in [0.2, 0.25) is 0 Å². The smallest absolute Gasteiger partial charge is 0.341 e. The molecule has 0 bridgehead atoms. The second-order valence-corrected chi connectivity index (χ2v) is 7.61. The van der Waals surface area contributed by atoms with E-state index < -0.39 is 49.0 Å². The Morgan fingerprint density at radius 1 is 0.857 bits per heavy atom. The minimum Gasteiger partial charge on any atom is -0.341 e. The highest BCUT2D eigenvalue weighted by Gasteiger charge is 2.48. The lowest BCUT2D eigenvalue weighted by atomic mass is 10.1. The molecule has 0 saturated heterocycles. The zero-order chi connectivity index (χ0) is 26.1. The van der Waals surface area contributed by atoms with E-state index in [0.29, 0.717) is 12.0 Å². The highest BCUT2D eigenvalue weighted by atomic mass is 19.4. The third kappa shape index (κ3) is 9.39. The van der Waals surface area contributed by atoms with Gasteiger partial charge in [0.2, 0.25) is 11.7 Å². The van der Waals surface area contributed by atoms with Gasteiger partial charge in [-0.15, -0.1) is 9.60 Å². The summed E-state index contributed by atoms with van der Waals surface area (Å²) in [6, 6.07) is 17.0. The Morgan fingerprint density at radius 3 is 1.94 bits per heavy atom. The Balaban J connectivity index is 2.06. The zero-order valence-electron chi connectivity index (χ0n) is 18.3. The lowest BCUT2D eigenvalue weighted by molar-refractivity contribution is -0.167. The van der Waals surface area contributed by atoms with Crippen LogP contribution in [0.3, 0.4) is 0 Å². The number of rotatable bonds is 12. The molecule has 2 aromatic rings. The first kappa shape index (κ1) is 27.8. The molecule has 0 aliphatic carbocycles. The SMILES string of the molecule is O=C(CCc1ccccc1)NC(Cc1ccccc1)N(F)CC(=O)C(F)(F)C(=O)NCC(F)(F)F. The number of carbonyl (C=O) groups excluding carboxylic acids is 3. The normalized spacial score (nSPS) is 12.8. The maximum Gasteiger partial charge on any atom is 0.405 e. The molecule has 2 aromatic carbocycles. The Hall–Kier alpha value is -3.41. The molecule has 0 aliphatic heterocycles. The quantitative estimate of drug-likeness (QED) is 0.202. The molecular formula is C23H23F6N3O3. The Morgan fingerprint density at radius 2 is 1.40 bits per heavy atom. The number of carbonyl (C=O) groups is 3. The molecule has 2 rings (SSSR count). The Labute approximate surface area is 197 Å². The minimum absolute atomic E-state index is 0.0624. The van der Waals surface area contributed by atoms with Gasteiger partial charge in [-0.25, -0.2) is 0 Å². The number of alkyl halides is 5. The van der Waals surface area contributed by atoms with E-state index in [1.807, 2.05) is 0 Å². The van der Waals surface area contributed by atoms with Gasteiger partial charge in [0.25, 0.3) is 5.91 Å². The summed E-state index contributed by atoms with van der Waals surface area (Å²) < 4.78 is 79.3. The first-order valence-corrected chi connectivity index (χ1v) is 10.4. The summed E-state index contributed by atoms with van der Waals surface area (Å²) in [6.07, 6.45) is -6.50. The predicted octanol–water partition coefficient (Wildman–Crippen LogP) is 3.37. The average molecular weight is 503 g/mol. The van der Waals surface area contributed by atoms with Crippen molar-refractivity contribution in [3.8, 4) is 0 Å². The van der Waals surface area contributed by atoms with Crippen molar-refractivity contribution < 1.29 is 40.8 Å². The fourth-order valence-corrected chi connectivity index (χ4v) is 2.98. The van der Waals surface area contributed by atoms with E-state index in [4.69, 9.17) is 0 Å². The molecule has 0 radical (unpaired) electrons. The van der Waals surface area contributed by atoms with Crippen LogP contribution in [0.25, 0.3) is 0 Å². The summed E-state index contributed by atoms with van der Waals surface area (Å²) in [5.41, 5.74) is 1.34. The molecule has 35 heavy (non-hydrogen) atoms. The van der Waals surface area contributed by atoms with Gasteiger partial charge < -0.3 is 10.6 Å². The number of hydrogen-bond donors (Lipinski definition) is 2. The molecule has 0 saturated carbocycles. The molecule has 0 spiro atoms. The molecule has 12 heteroatoms. The van der Waals surface area contributed by atoms with Crippen LogP contribution < -0.4 is 10.6 Å². The van der Waals surface area contributed by atoms with E-state index >= 15 is 0 Å². The molecule has 1 atom stereocenters. The van der Waals surface area contributed by atoms with Crippen molar-refractivity contribution in [2.24, 2.45) is 0 Å². The van der Waals surface area contributed by atoms with Crippen molar-refractivity contribution in [1.29, 1.82) is 0 Å². The molecule has 2 amide bonds. The number of nitrogens with one attached hydrogen (secondary N) is 2. The zero-order valence-corrected chi connectivity index (χ0v) is 18.3. The largest absolute Gasteiger partial charge is 0.405 e. The van der Waals surface area contributed by atoms with Gasteiger partial charge in [-0.05, 0) is 17.5 Å². The molecule has 190 valence electrons. The number of amides is 2. The van der Waals surface area contributed by atoms with Crippen LogP contribution >= 0.6 is 0 Å². The van der Waals surface area contributed by atoms with Gasteiger partial charge in [0.15, 0.2) is 0 Å². The monoisotopic (exact) mass is 503 g/mol. The first-order chi connectivity index (χ1) is 16.4. The number of nitrogens with zero attached hydrogens (tertiary/aromatic N) is 1. The van der Waals surface area contributed by atoms with Crippen molar-refractivity contribution in [3.63, 3.8) is 0 Å². The minimum atomic E-state index is -4.98. The van der Waals surface area contributed by atoms with E-state index in [-0.39, 0.29) is 18.0 Å². The van der Waals surface area contributed by atoms with E-state index in [2.05, 4.69) is 5.32 Å². The van der Waals surface area contributed by atoms with Gasteiger partial charge >= 0.3 is 12.1 Å². The van der Waals surface area contributed by atoms with Crippen LogP contribution in [0.4, 0.5) is 26.4 Å². The molecule has 0 aromatic heterocycles. The Kier molecular flexibility index (Phi) is 9.81. The third-order valence-electron chi connectivity index (χ3n) is 4.80. The van der Waals surface area contributed by atoms with Gasteiger partial charge in [-0.3, -0.25) is 14.4 Å². The Bertz CT molecular complexity index is 987.